The van der Waals surface area contributed by atoms with Crippen molar-refractivity contribution in [2.24, 2.45) is 5.41 Å². The van der Waals surface area contributed by atoms with Gasteiger partial charge in [0.25, 0.3) is 0 Å². The summed E-state index contributed by atoms with van der Waals surface area (Å²) >= 11 is 0. The summed E-state index contributed by atoms with van der Waals surface area (Å²) in [5, 5.41) is 14.1. The number of nitrogens with one attached hydrogen (secondary N) is 1. The molecule has 142 valence electrons. The molecule has 0 bridgehead atoms. The Morgan fingerprint density at radius 1 is 1.41 bits per heavy atom. The van der Waals surface area contributed by atoms with Gasteiger partial charge in [-0.15, -0.1) is 0 Å². The van der Waals surface area contributed by atoms with Crippen molar-refractivity contribution in [3.05, 3.63) is 69.7 Å². The molecule has 1 aliphatic rings. The molecule has 0 saturated carbocycles. The number of benzene rings is 1. The summed E-state index contributed by atoms with van der Waals surface area (Å²) < 4.78 is 10.4. The van der Waals surface area contributed by atoms with Crippen molar-refractivity contribution in [2.75, 3.05) is 20.2 Å². The maximum absolute atomic E-state index is 13.0. The highest BCUT2D eigenvalue weighted by atomic mass is 16.6. The summed E-state index contributed by atoms with van der Waals surface area (Å²) in [6.45, 7) is 1.42. The molecule has 1 N–H and O–H groups in total. The number of hydrogen-bond donors (Lipinski definition) is 1. The zero-order valence-corrected chi connectivity index (χ0v) is 15.0. The van der Waals surface area contributed by atoms with E-state index in [0.29, 0.717) is 11.3 Å². The lowest BCUT2D eigenvalue weighted by Gasteiger charge is -2.34. The molecule has 1 aromatic heterocycles. The van der Waals surface area contributed by atoms with Gasteiger partial charge in [-0.3, -0.25) is 19.7 Å². The molecular weight excluding hydrogens is 352 g/mol. The minimum atomic E-state index is -1.80. The highest BCUT2D eigenvalue weighted by Crippen LogP contribution is 2.51. The molecule has 0 radical (unpaired) electrons. The van der Waals surface area contributed by atoms with Gasteiger partial charge in [0.2, 0.25) is 12.5 Å². The summed E-state index contributed by atoms with van der Waals surface area (Å²) in [7, 11) is 1.17. The fourth-order valence-electron chi connectivity index (χ4n) is 3.88. The first-order chi connectivity index (χ1) is 12.9. The molecule has 2 aromatic rings. The lowest BCUT2D eigenvalue weighted by molar-refractivity contribution is -0.485. The Labute approximate surface area is 155 Å². The van der Waals surface area contributed by atoms with Crippen molar-refractivity contribution < 1.29 is 23.7 Å². The van der Waals surface area contributed by atoms with Crippen LogP contribution in [0, 0.1) is 22.5 Å². The predicted molar refractivity (Wildman–Crippen MR) is 94.7 cm³/mol. The second-order valence-electron chi connectivity index (χ2n) is 6.62. The van der Waals surface area contributed by atoms with Crippen molar-refractivity contribution in [2.45, 2.75) is 18.8 Å². The molecule has 8 nitrogen and oxygen atoms in total. The van der Waals surface area contributed by atoms with Gasteiger partial charge < -0.3 is 14.5 Å². The Balaban J connectivity index is 2.23. The van der Waals surface area contributed by atoms with E-state index in [0.717, 1.165) is 5.56 Å². The van der Waals surface area contributed by atoms with Crippen LogP contribution in [0.4, 0.5) is 0 Å². The Morgan fingerprint density at radius 2 is 2.11 bits per heavy atom. The number of aryl methyl sites for hydroxylation is 1. The molecule has 1 saturated heterocycles. The molecule has 3 atom stereocenters. The largest absolute Gasteiger partial charge is 0.469 e. The SMILES string of the molecule is COC(=O)[C@@]1([C@@H](C[N+](=O)[O-])c2ccc(C)cc2)C(=O)NC[C@H]1c1ccco1. The number of nitro groups is 1. The fourth-order valence-corrected chi connectivity index (χ4v) is 3.88. The second-order valence-corrected chi connectivity index (χ2v) is 6.62. The smallest absolute Gasteiger partial charge is 0.323 e. The van der Waals surface area contributed by atoms with Crippen LogP contribution in [0.2, 0.25) is 0 Å². The highest BCUT2D eigenvalue weighted by molar-refractivity contribution is 6.06. The van der Waals surface area contributed by atoms with E-state index >= 15 is 0 Å². The topological polar surface area (TPSA) is 112 Å². The number of carbonyl (C=O) groups excluding carboxylic acids is 2. The molecular formula is C19H20N2O6. The van der Waals surface area contributed by atoms with Crippen LogP contribution in [0.15, 0.2) is 47.1 Å². The average molecular weight is 372 g/mol. The van der Waals surface area contributed by atoms with E-state index in [1.165, 1.54) is 13.4 Å². The van der Waals surface area contributed by atoms with E-state index in [9.17, 15) is 19.7 Å². The first-order valence-electron chi connectivity index (χ1n) is 8.49. The van der Waals surface area contributed by atoms with Gasteiger partial charge in [-0.05, 0) is 24.6 Å². The third-order valence-corrected chi connectivity index (χ3v) is 5.16. The predicted octanol–water partition coefficient (Wildman–Crippen LogP) is 2.02. The first-order valence-corrected chi connectivity index (χ1v) is 8.49. The normalized spacial score (nSPS) is 22.9. The molecule has 1 amide bonds. The first kappa shape index (κ1) is 18.6. The third-order valence-electron chi connectivity index (χ3n) is 5.16. The van der Waals surface area contributed by atoms with Crippen molar-refractivity contribution in [3.8, 4) is 0 Å². The standard InChI is InChI=1S/C19H20N2O6/c1-12-5-7-13(8-6-12)15(11-21(24)25)19(18(23)26-2)14(10-20-17(19)22)16-4-3-9-27-16/h3-9,14-15H,10-11H2,1-2H3,(H,20,22)/t14-,15-,19-/m0/s1. The minimum Gasteiger partial charge on any atom is -0.469 e. The zero-order chi connectivity index (χ0) is 19.6. The maximum Gasteiger partial charge on any atom is 0.323 e. The number of ether oxygens (including phenoxy) is 1. The lowest BCUT2D eigenvalue weighted by atomic mass is 9.64. The van der Waals surface area contributed by atoms with Crippen LogP contribution in [-0.2, 0) is 14.3 Å². The Bertz CT molecular complexity index is 846. The molecule has 0 unspecified atom stereocenters. The van der Waals surface area contributed by atoms with Crippen molar-refractivity contribution in [1.29, 1.82) is 0 Å². The van der Waals surface area contributed by atoms with Gasteiger partial charge in [-0.25, -0.2) is 0 Å². The molecule has 1 aromatic carbocycles. The van der Waals surface area contributed by atoms with Crippen LogP contribution in [0.3, 0.4) is 0 Å². The molecule has 0 spiro atoms. The lowest BCUT2D eigenvalue weighted by Crippen LogP contribution is -2.49. The van der Waals surface area contributed by atoms with Crippen LogP contribution in [0.25, 0.3) is 0 Å². The van der Waals surface area contributed by atoms with E-state index in [1.807, 2.05) is 6.92 Å². The van der Waals surface area contributed by atoms with E-state index in [4.69, 9.17) is 9.15 Å². The minimum absolute atomic E-state index is 0.127. The molecule has 8 heteroatoms. The van der Waals surface area contributed by atoms with Crippen LogP contribution in [0.5, 0.6) is 0 Å². The van der Waals surface area contributed by atoms with Gasteiger partial charge >= 0.3 is 5.97 Å². The van der Waals surface area contributed by atoms with Gasteiger partial charge in [-0.1, -0.05) is 29.8 Å². The number of methoxy groups -OCH3 is 1. The van der Waals surface area contributed by atoms with E-state index in [-0.39, 0.29) is 6.54 Å². The van der Waals surface area contributed by atoms with Gasteiger partial charge in [0.15, 0.2) is 5.41 Å². The molecule has 0 aliphatic carbocycles. The molecule has 1 aliphatic heterocycles. The second kappa shape index (κ2) is 7.22. The van der Waals surface area contributed by atoms with Gasteiger partial charge in [-0.2, -0.15) is 0 Å². The average Bonchev–Trinajstić information content (AvgIpc) is 3.28. The van der Waals surface area contributed by atoms with Gasteiger partial charge in [0.05, 0.1) is 25.2 Å². The van der Waals surface area contributed by atoms with Crippen LogP contribution in [-0.4, -0.2) is 37.0 Å². The summed E-state index contributed by atoms with van der Waals surface area (Å²) in [4.78, 5) is 36.9. The van der Waals surface area contributed by atoms with Gasteiger partial charge in [0.1, 0.15) is 5.76 Å². The summed E-state index contributed by atoms with van der Waals surface area (Å²) in [5.41, 5.74) is -0.310. The fraction of sp³-hybridized carbons (Fsp3) is 0.368. The number of carbonyl (C=O) groups is 2. The Kier molecular flexibility index (Phi) is 4.98. The Hall–Kier alpha value is -3.16. The van der Waals surface area contributed by atoms with Crippen molar-refractivity contribution >= 4 is 11.9 Å². The zero-order valence-electron chi connectivity index (χ0n) is 15.0. The quantitative estimate of drug-likeness (QED) is 0.359. The molecule has 27 heavy (non-hydrogen) atoms. The maximum atomic E-state index is 13.0. The van der Waals surface area contributed by atoms with Crippen LogP contribution >= 0.6 is 0 Å². The number of amides is 1. The Morgan fingerprint density at radius 3 is 2.67 bits per heavy atom. The van der Waals surface area contributed by atoms with E-state index in [1.54, 1.807) is 36.4 Å². The number of nitrogens with zero attached hydrogens (tertiary/aromatic N) is 1. The summed E-state index contributed by atoms with van der Waals surface area (Å²) in [6.07, 6.45) is 1.44. The van der Waals surface area contributed by atoms with Crippen molar-refractivity contribution in [1.82, 2.24) is 5.32 Å². The summed E-state index contributed by atoms with van der Waals surface area (Å²) in [5.74, 6) is -2.74. The monoisotopic (exact) mass is 372 g/mol. The van der Waals surface area contributed by atoms with Crippen LogP contribution in [0.1, 0.15) is 28.7 Å². The molecule has 1 fully saturated rings. The summed E-state index contributed by atoms with van der Waals surface area (Å²) in [6, 6.07) is 10.3. The van der Waals surface area contributed by atoms with Crippen molar-refractivity contribution in [3.63, 3.8) is 0 Å². The van der Waals surface area contributed by atoms with E-state index < -0.39 is 40.6 Å². The number of rotatable bonds is 6. The van der Waals surface area contributed by atoms with E-state index in [2.05, 4.69) is 5.32 Å². The van der Waals surface area contributed by atoms with Gasteiger partial charge in [0, 0.05) is 11.5 Å². The number of esters is 1. The number of hydrogen-bond acceptors (Lipinski definition) is 6. The molecule has 2 heterocycles. The highest BCUT2D eigenvalue weighted by Gasteiger charge is 2.64. The molecule has 3 rings (SSSR count). The number of furan rings is 1. The third kappa shape index (κ3) is 3.07. The van der Waals surface area contributed by atoms with Crippen LogP contribution < -0.4 is 5.32 Å².